The van der Waals surface area contributed by atoms with Gasteiger partial charge in [0.05, 0.1) is 6.10 Å². The van der Waals surface area contributed by atoms with Crippen molar-refractivity contribution in [1.82, 2.24) is 4.57 Å². The van der Waals surface area contributed by atoms with Gasteiger partial charge in [-0.05, 0) is 30.7 Å². The predicted octanol–water partition coefficient (Wildman–Crippen LogP) is 4.54. The maximum Gasteiger partial charge on any atom is 0.123 e. The quantitative estimate of drug-likeness (QED) is 0.755. The van der Waals surface area contributed by atoms with Crippen LogP contribution >= 0.6 is 11.6 Å². The predicted molar refractivity (Wildman–Crippen MR) is 83.1 cm³/mol. The molecule has 4 heteroatoms. The molecule has 1 aromatic heterocycles. The van der Waals surface area contributed by atoms with Gasteiger partial charge in [-0.1, -0.05) is 41.9 Å². The second-order valence-electron chi connectivity index (χ2n) is 5.11. The smallest absolute Gasteiger partial charge is 0.123 e. The summed E-state index contributed by atoms with van der Waals surface area (Å²) < 4.78 is 15.2. The maximum atomic E-state index is 13.3. The van der Waals surface area contributed by atoms with Gasteiger partial charge >= 0.3 is 0 Å². The summed E-state index contributed by atoms with van der Waals surface area (Å²) in [5, 5.41) is 11.4. The lowest BCUT2D eigenvalue weighted by Crippen LogP contribution is -2.01. The number of hydrogen-bond acceptors (Lipinski definition) is 1. The van der Waals surface area contributed by atoms with E-state index >= 15 is 0 Å². The molecule has 2 nitrogen and oxygen atoms in total. The largest absolute Gasteiger partial charge is 0.389 e. The number of aromatic nitrogens is 1. The van der Waals surface area contributed by atoms with Crippen molar-refractivity contribution in [1.29, 1.82) is 0 Å². The number of aliphatic hydroxyl groups excluding tert-OH is 1. The van der Waals surface area contributed by atoms with E-state index < -0.39 is 6.10 Å². The molecule has 0 amide bonds. The molecule has 0 aliphatic heterocycles. The second kappa shape index (κ2) is 5.51. The first-order valence-electron chi connectivity index (χ1n) is 6.77. The molecule has 21 heavy (non-hydrogen) atoms. The lowest BCUT2D eigenvalue weighted by atomic mass is 10.1. The first kappa shape index (κ1) is 14.1. The molecular formula is C17H15ClFNO. The summed E-state index contributed by atoms with van der Waals surface area (Å²) in [5.41, 5.74) is 2.47. The van der Waals surface area contributed by atoms with Crippen LogP contribution in [0.4, 0.5) is 4.39 Å². The molecule has 0 aliphatic carbocycles. The number of hydrogen-bond donors (Lipinski definition) is 1. The molecule has 1 heterocycles. The van der Waals surface area contributed by atoms with Crippen molar-refractivity contribution in [3.63, 3.8) is 0 Å². The summed E-state index contributed by atoms with van der Waals surface area (Å²) in [7, 11) is 0. The molecule has 0 fully saturated rings. The molecule has 0 bridgehead atoms. The zero-order valence-corrected chi connectivity index (χ0v) is 12.3. The number of fused-ring (bicyclic) bond motifs is 1. The Morgan fingerprint density at radius 1 is 1.19 bits per heavy atom. The molecule has 1 N–H and O–H groups in total. The van der Waals surface area contributed by atoms with E-state index in [1.807, 2.05) is 34.9 Å². The molecule has 0 radical (unpaired) electrons. The Balaban J connectivity index is 2.16. The molecule has 0 spiro atoms. The normalized spacial score (nSPS) is 12.8. The fraction of sp³-hybridized carbons (Fsp3) is 0.176. The van der Waals surface area contributed by atoms with Crippen LogP contribution in [0.3, 0.4) is 0 Å². The van der Waals surface area contributed by atoms with Gasteiger partial charge in [-0.3, -0.25) is 0 Å². The van der Waals surface area contributed by atoms with E-state index in [0.717, 1.165) is 16.5 Å². The van der Waals surface area contributed by atoms with E-state index in [4.69, 9.17) is 11.6 Å². The molecule has 0 aliphatic rings. The van der Waals surface area contributed by atoms with E-state index in [9.17, 15) is 9.50 Å². The number of rotatable bonds is 3. The van der Waals surface area contributed by atoms with Crippen LogP contribution < -0.4 is 0 Å². The van der Waals surface area contributed by atoms with Crippen molar-refractivity contribution in [2.75, 3.05) is 0 Å². The molecule has 1 atom stereocenters. The van der Waals surface area contributed by atoms with Crippen molar-refractivity contribution in [3.8, 4) is 0 Å². The number of nitrogens with zero attached hydrogens (tertiary/aromatic N) is 1. The first-order valence-corrected chi connectivity index (χ1v) is 7.15. The van der Waals surface area contributed by atoms with Crippen molar-refractivity contribution >= 4 is 22.5 Å². The molecule has 3 rings (SSSR count). The SMILES string of the molecule is CC(O)c1c(Cl)n(Cc2cccc(F)c2)c2ccccc12. The highest BCUT2D eigenvalue weighted by Gasteiger charge is 2.18. The Labute approximate surface area is 127 Å². The highest BCUT2D eigenvalue weighted by Crippen LogP contribution is 2.34. The number of para-hydroxylation sites is 1. The molecule has 3 aromatic rings. The second-order valence-corrected chi connectivity index (χ2v) is 5.47. The molecule has 1 unspecified atom stereocenters. The van der Waals surface area contributed by atoms with Gasteiger partial charge in [-0.2, -0.15) is 0 Å². The highest BCUT2D eigenvalue weighted by molar-refractivity contribution is 6.32. The standard InChI is InChI=1S/C17H15ClFNO/c1-11(21)16-14-7-2-3-8-15(14)20(17(16)18)10-12-5-4-6-13(19)9-12/h2-9,11,21H,10H2,1H3. The van der Waals surface area contributed by atoms with Crippen LogP contribution in [0.5, 0.6) is 0 Å². The first-order chi connectivity index (χ1) is 10.1. The number of benzene rings is 2. The number of aliphatic hydroxyl groups is 1. The Hall–Kier alpha value is -1.84. The van der Waals surface area contributed by atoms with Crippen molar-refractivity contribution in [2.45, 2.75) is 19.6 Å². The summed E-state index contributed by atoms with van der Waals surface area (Å²) in [6.07, 6.45) is -0.656. The summed E-state index contributed by atoms with van der Waals surface area (Å²) in [6, 6.07) is 14.2. The van der Waals surface area contributed by atoms with Crippen LogP contribution in [-0.2, 0) is 6.54 Å². The fourth-order valence-corrected chi connectivity index (χ4v) is 3.08. The van der Waals surface area contributed by atoms with Gasteiger partial charge in [-0.25, -0.2) is 4.39 Å². The minimum atomic E-state index is -0.656. The third-order valence-electron chi connectivity index (χ3n) is 3.59. The average Bonchev–Trinajstić information content (AvgIpc) is 2.72. The lowest BCUT2D eigenvalue weighted by Gasteiger charge is -2.08. The fourth-order valence-electron chi connectivity index (χ4n) is 2.67. The molecular weight excluding hydrogens is 289 g/mol. The average molecular weight is 304 g/mol. The van der Waals surface area contributed by atoms with Crippen molar-refractivity contribution in [3.05, 3.63) is 70.6 Å². The molecule has 108 valence electrons. The Morgan fingerprint density at radius 2 is 1.95 bits per heavy atom. The van der Waals surface area contributed by atoms with Crippen LogP contribution in [0.1, 0.15) is 24.2 Å². The van der Waals surface area contributed by atoms with Gasteiger partial charge in [-0.15, -0.1) is 0 Å². The molecule has 0 saturated carbocycles. The summed E-state index contributed by atoms with van der Waals surface area (Å²) in [6.45, 7) is 2.16. The van der Waals surface area contributed by atoms with Gasteiger partial charge in [0, 0.05) is 23.0 Å². The van der Waals surface area contributed by atoms with E-state index in [1.165, 1.54) is 12.1 Å². The number of halogens is 2. The van der Waals surface area contributed by atoms with E-state index in [1.54, 1.807) is 13.0 Å². The van der Waals surface area contributed by atoms with Crippen molar-refractivity contribution < 1.29 is 9.50 Å². The van der Waals surface area contributed by atoms with Gasteiger partial charge in [0.25, 0.3) is 0 Å². The Bertz CT molecular complexity index is 795. The minimum absolute atomic E-state index is 0.268. The van der Waals surface area contributed by atoms with Gasteiger partial charge < -0.3 is 9.67 Å². The van der Waals surface area contributed by atoms with Gasteiger partial charge in [0.15, 0.2) is 0 Å². The van der Waals surface area contributed by atoms with Gasteiger partial charge in [0.1, 0.15) is 11.0 Å². The summed E-state index contributed by atoms with van der Waals surface area (Å²) in [5.74, 6) is -0.268. The highest BCUT2D eigenvalue weighted by atomic mass is 35.5. The topological polar surface area (TPSA) is 25.2 Å². The Kier molecular flexibility index (Phi) is 3.70. The van der Waals surface area contributed by atoms with E-state index in [0.29, 0.717) is 17.3 Å². The van der Waals surface area contributed by atoms with E-state index in [-0.39, 0.29) is 5.82 Å². The molecule has 0 saturated heterocycles. The third-order valence-corrected chi connectivity index (χ3v) is 4.00. The third kappa shape index (κ3) is 2.55. The van der Waals surface area contributed by atoms with E-state index in [2.05, 4.69) is 0 Å². The van der Waals surface area contributed by atoms with Crippen LogP contribution in [0.2, 0.25) is 5.15 Å². The van der Waals surface area contributed by atoms with Gasteiger partial charge in [0.2, 0.25) is 0 Å². The van der Waals surface area contributed by atoms with Crippen molar-refractivity contribution in [2.24, 2.45) is 0 Å². The van der Waals surface area contributed by atoms with Crippen LogP contribution in [0, 0.1) is 5.82 Å². The van der Waals surface area contributed by atoms with Crippen LogP contribution in [0.15, 0.2) is 48.5 Å². The summed E-state index contributed by atoms with van der Waals surface area (Å²) in [4.78, 5) is 0. The zero-order valence-electron chi connectivity index (χ0n) is 11.6. The Morgan fingerprint density at radius 3 is 2.67 bits per heavy atom. The monoisotopic (exact) mass is 303 g/mol. The minimum Gasteiger partial charge on any atom is -0.389 e. The van der Waals surface area contributed by atoms with Crippen LogP contribution in [0.25, 0.3) is 10.9 Å². The maximum absolute atomic E-state index is 13.3. The van der Waals surface area contributed by atoms with Crippen LogP contribution in [-0.4, -0.2) is 9.67 Å². The molecule has 2 aromatic carbocycles. The lowest BCUT2D eigenvalue weighted by molar-refractivity contribution is 0.200. The summed E-state index contributed by atoms with van der Waals surface area (Å²) >= 11 is 6.45. The zero-order chi connectivity index (χ0) is 15.0.